The third kappa shape index (κ3) is 3.41. The minimum atomic E-state index is -0.132. The molecule has 0 spiro atoms. The van der Waals surface area contributed by atoms with Crippen molar-refractivity contribution in [1.82, 2.24) is 9.80 Å². The number of hydrogen-bond acceptors (Lipinski definition) is 3. The van der Waals surface area contributed by atoms with Crippen LogP contribution < -0.4 is 5.73 Å². The van der Waals surface area contributed by atoms with E-state index in [0.717, 1.165) is 11.1 Å². The van der Waals surface area contributed by atoms with Gasteiger partial charge in [-0.3, -0.25) is 9.59 Å². The summed E-state index contributed by atoms with van der Waals surface area (Å²) >= 11 is 0. The van der Waals surface area contributed by atoms with Crippen LogP contribution >= 0.6 is 0 Å². The minimum absolute atomic E-state index is 0.0372. The number of amides is 2. The first kappa shape index (κ1) is 15.1. The molecule has 5 heteroatoms. The summed E-state index contributed by atoms with van der Waals surface area (Å²) in [6.07, 6.45) is 0. The van der Waals surface area contributed by atoms with Crippen molar-refractivity contribution in [2.45, 2.75) is 6.92 Å². The third-order valence-corrected chi connectivity index (χ3v) is 3.55. The fraction of sp³-hybridized carbons (Fsp3) is 0.375. The van der Waals surface area contributed by atoms with E-state index in [1.165, 1.54) is 0 Å². The van der Waals surface area contributed by atoms with Crippen molar-refractivity contribution in [1.29, 1.82) is 0 Å². The summed E-state index contributed by atoms with van der Waals surface area (Å²) in [5, 5.41) is 0. The summed E-state index contributed by atoms with van der Waals surface area (Å²) in [5.74, 6) is 5.59. The van der Waals surface area contributed by atoms with Gasteiger partial charge < -0.3 is 15.5 Å². The zero-order chi connectivity index (χ0) is 15.4. The Labute approximate surface area is 124 Å². The van der Waals surface area contributed by atoms with Crippen LogP contribution in [0.25, 0.3) is 0 Å². The van der Waals surface area contributed by atoms with Gasteiger partial charge in [-0.05, 0) is 24.6 Å². The molecule has 0 radical (unpaired) electrons. The molecule has 1 aliphatic heterocycles. The molecule has 1 aromatic rings. The van der Waals surface area contributed by atoms with Crippen molar-refractivity contribution < 1.29 is 9.59 Å². The molecule has 0 unspecified atom stereocenters. The summed E-state index contributed by atoms with van der Waals surface area (Å²) in [6.45, 7) is 3.47. The lowest BCUT2D eigenvalue weighted by atomic mass is 10.0. The van der Waals surface area contributed by atoms with E-state index in [0.29, 0.717) is 18.7 Å². The van der Waals surface area contributed by atoms with E-state index < -0.39 is 0 Å². The second-order valence-corrected chi connectivity index (χ2v) is 5.08. The van der Waals surface area contributed by atoms with Crippen LogP contribution in [0.1, 0.15) is 21.5 Å². The molecule has 0 bridgehead atoms. The Morgan fingerprint density at radius 2 is 2.14 bits per heavy atom. The number of carbonyl (C=O) groups excluding carboxylic acids is 2. The molecule has 1 aromatic carbocycles. The predicted octanol–water partition coefficient (Wildman–Crippen LogP) is 0.219. The number of carbonyl (C=O) groups is 2. The predicted molar refractivity (Wildman–Crippen MR) is 80.7 cm³/mol. The number of aryl methyl sites for hydroxylation is 1. The first-order valence-electron chi connectivity index (χ1n) is 6.85. The monoisotopic (exact) mass is 285 g/mol. The van der Waals surface area contributed by atoms with Crippen molar-refractivity contribution in [3.05, 3.63) is 34.9 Å². The molecule has 21 heavy (non-hydrogen) atoms. The lowest BCUT2D eigenvalue weighted by Gasteiger charge is -2.32. The van der Waals surface area contributed by atoms with Gasteiger partial charge in [-0.25, -0.2) is 0 Å². The zero-order valence-corrected chi connectivity index (χ0v) is 12.3. The maximum absolute atomic E-state index is 12.5. The van der Waals surface area contributed by atoms with E-state index in [1.807, 2.05) is 13.0 Å². The average Bonchev–Trinajstić information content (AvgIpc) is 2.48. The molecule has 5 nitrogen and oxygen atoms in total. The van der Waals surface area contributed by atoms with Crippen LogP contribution in [0.4, 0.5) is 0 Å². The Morgan fingerprint density at radius 1 is 1.38 bits per heavy atom. The van der Waals surface area contributed by atoms with Crippen LogP contribution in [-0.2, 0) is 4.79 Å². The van der Waals surface area contributed by atoms with E-state index in [1.54, 1.807) is 29.0 Å². The SMILES string of the molecule is Cc1ccc(C(=O)N2CCN(C)C(=O)C2)cc1C#CCN. The molecule has 1 saturated heterocycles. The molecule has 110 valence electrons. The summed E-state index contributed by atoms with van der Waals surface area (Å²) in [6, 6.07) is 5.41. The highest BCUT2D eigenvalue weighted by Gasteiger charge is 2.25. The number of nitrogens with zero attached hydrogens (tertiary/aromatic N) is 2. The van der Waals surface area contributed by atoms with Crippen molar-refractivity contribution >= 4 is 11.8 Å². The summed E-state index contributed by atoms with van der Waals surface area (Å²) in [4.78, 5) is 27.4. The molecule has 1 aliphatic rings. The first-order chi connectivity index (χ1) is 10.0. The normalized spacial score (nSPS) is 14.7. The summed E-state index contributed by atoms with van der Waals surface area (Å²) < 4.78 is 0. The van der Waals surface area contributed by atoms with Gasteiger partial charge in [0.15, 0.2) is 0 Å². The van der Waals surface area contributed by atoms with Crippen molar-refractivity contribution in [3.63, 3.8) is 0 Å². The lowest BCUT2D eigenvalue weighted by Crippen LogP contribution is -2.50. The Bertz CT molecular complexity index is 628. The van der Waals surface area contributed by atoms with Gasteiger partial charge in [0.05, 0.1) is 6.54 Å². The van der Waals surface area contributed by atoms with Crippen LogP contribution in [-0.4, -0.2) is 54.8 Å². The summed E-state index contributed by atoms with van der Waals surface area (Å²) in [5.41, 5.74) is 7.73. The minimum Gasteiger partial charge on any atom is -0.342 e. The number of nitrogens with two attached hydrogens (primary N) is 1. The van der Waals surface area contributed by atoms with E-state index in [4.69, 9.17) is 5.73 Å². The fourth-order valence-electron chi connectivity index (χ4n) is 2.15. The quantitative estimate of drug-likeness (QED) is 0.751. The number of rotatable bonds is 1. The summed E-state index contributed by atoms with van der Waals surface area (Å²) in [7, 11) is 1.75. The van der Waals surface area contributed by atoms with E-state index in [-0.39, 0.29) is 24.9 Å². The topological polar surface area (TPSA) is 66.6 Å². The maximum atomic E-state index is 12.5. The van der Waals surface area contributed by atoms with Crippen molar-refractivity contribution in [2.75, 3.05) is 33.2 Å². The highest BCUT2D eigenvalue weighted by atomic mass is 16.2. The van der Waals surface area contributed by atoms with Gasteiger partial charge in [0.1, 0.15) is 6.54 Å². The Hall–Kier alpha value is -2.32. The molecule has 0 aromatic heterocycles. The molecular weight excluding hydrogens is 266 g/mol. The highest BCUT2D eigenvalue weighted by Crippen LogP contribution is 2.14. The molecule has 0 saturated carbocycles. The van der Waals surface area contributed by atoms with Crippen molar-refractivity contribution in [3.8, 4) is 11.8 Å². The Morgan fingerprint density at radius 3 is 2.81 bits per heavy atom. The van der Waals surface area contributed by atoms with Crippen molar-refractivity contribution in [2.24, 2.45) is 5.73 Å². The van der Waals surface area contributed by atoms with Crippen LogP contribution in [0.2, 0.25) is 0 Å². The maximum Gasteiger partial charge on any atom is 0.254 e. The van der Waals surface area contributed by atoms with Crippen LogP contribution in [0.5, 0.6) is 0 Å². The molecule has 1 fully saturated rings. The van der Waals surface area contributed by atoms with E-state index in [2.05, 4.69) is 11.8 Å². The van der Waals surface area contributed by atoms with Gasteiger partial charge in [0.25, 0.3) is 5.91 Å². The number of hydrogen-bond donors (Lipinski definition) is 1. The van der Waals surface area contributed by atoms with Gasteiger partial charge in [0.2, 0.25) is 5.91 Å². The first-order valence-corrected chi connectivity index (χ1v) is 6.85. The van der Waals surface area contributed by atoms with Gasteiger partial charge in [-0.2, -0.15) is 0 Å². The van der Waals surface area contributed by atoms with Gasteiger partial charge in [-0.15, -0.1) is 0 Å². The molecule has 0 aliphatic carbocycles. The number of piperazine rings is 1. The number of likely N-dealkylation sites (N-methyl/N-ethyl adjacent to an activating group) is 1. The molecule has 2 rings (SSSR count). The fourth-order valence-corrected chi connectivity index (χ4v) is 2.15. The molecule has 2 N–H and O–H groups in total. The van der Waals surface area contributed by atoms with Gasteiger partial charge >= 0.3 is 0 Å². The van der Waals surface area contributed by atoms with E-state index in [9.17, 15) is 9.59 Å². The smallest absolute Gasteiger partial charge is 0.254 e. The van der Waals surface area contributed by atoms with Crippen LogP contribution in [0.15, 0.2) is 18.2 Å². The number of benzene rings is 1. The largest absolute Gasteiger partial charge is 0.342 e. The molecule has 0 atom stereocenters. The molecule has 1 heterocycles. The standard InChI is InChI=1S/C16H19N3O2/c1-12-5-6-14(10-13(12)4-3-7-17)16(21)19-9-8-18(2)15(20)11-19/h5-6,10H,7-9,11,17H2,1-2H3. The second-order valence-electron chi connectivity index (χ2n) is 5.08. The van der Waals surface area contributed by atoms with Gasteiger partial charge in [-0.1, -0.05) is 17.9 Å². The van der Waals surface area contributed by atoms with Crippen LogP contribution in [0, 0.1) is 18.8 Å². The molecule has 2 amide bonds. The van der Waals surface area contributed by atoms with Gasteiger partial charge in [0, 0.05) is 31.3 Å². The Kier molecular flexibility index (Phi) is 4.61. The average molecular weight is 285 g/mol. The second kappa shape index (κ2) is 6.42. The van der Waals surface area contributed by atoms with E-state index >= 15 is 0 Å². The molecular formula is C16H19N3O2. The zero-order valence-electron chi connectivity index (χ0n) is 12.3. The van der Waals surface area contributed by atoms with Crippen LogP contribution in [0.3, 0.4) is 0 Å². The highest BCUT2D eigenvalue weighted by molar-refractivity contribution is 5.97. The third-order valence-electron chi connectivity index (χ3n) is 3.55. The lowest BCUT2D eigenvalue weighted by molar-refractivity contribution is -0.133. The Balaban J connectivity index is 2.21.